The molecule has 9 heteroatoms. The van der Waals surface area contributed by atoms with Gasteiger partial charge in [0.1, 0.15) is 11.9 Å². The van der Waals surface area contributed by atoms with E-state index < -0.39 is 12.0 Å². The molecule has 3 heterocycles. The first-order chi connectivity index (χ1) is 15.5. The predicted molar refractivity (Wildman–Crippen MR) is 116 cm³/mol. The standard InChI is InChI=1S/C23H21FN6O2/c1-2-12-8-20(31)16(24)9-15(12)13-3-4-14-17(7-13)28-29-22(14)23-26-18-10-30(11-19(18)27-23)21(32)5-6-25/h3-4,7-9,21,31-32H,2,5,10-11H2,1H3,(H,26,27)(H,28,29). The van der Waals surface area contributed by atoms with Gasteiger partial charge in [0.15, 0.2) is 17.4 Å². The summed E-state index contributed by atoms with van der Waals surface area (Å²) in [6.07, 6.45) is -0.102. The largest absolute Gasteiger partial charge is 0.505 e. The summed E-state index contributed by atoms with van der Waals surface area (Å²) in [7, 11) is 0. The molecule has 8 nitrogen and oxygen atoms in total. The number of aryl methyl sites for hydroxylation is 1. The average Bonchev–Trinajstić information content (AvgIpc) is 3.47. The number of halogens is 1. The first-order valence-electron chi connectivity index (χ1n) is 10.4. The number of nitrogens with zero attached hydrogens (tertiary/aromatic N) is 4. The third-order valence-electron chi connectivity index (χ3n) is 5.93. The second kappa shape index (κ2) is 7.75. The second-order valence-corrected chi connectivity index (χ2v) is 7.91. The fourth-order valence-electron chi connectivity index (χ4n) is 4.23. The van der Waals surface area contributed by atoms with Crippen LogP contribution in [0.4, 0.5) is 4.39 Å². The minimum Gasteiger partial charge on any atom is -0.505 e. The van der Waals surface area contributed by atoms with E-state index in [4.69, 9.17) is 5.26 Å². The van der Waals surface area contributed by atoms with Crippen molar-refractivity contribution in [1.29, 1.82) is 5.26 Å². The maximum Gasteiger partial charge on any atom is 0.165 e. The quantitative estimate of drug-likeness (QED) is 0.382. The molecule has 0 saturated heterocycles. The van der Waals surface area contributed by atoms with Gasteiger partial charge in [-0.25, -0.2) is 9.37 Å². The summed E-state index contributed by atoms with van der Waals surface area (Å²) in [5.41, 5.74) is 5.61. The van der Waals surface area contributed by atoms with E-state index in [-0.39, 0.29) is 12.2 Å². The summed E-state index contributed by atoms with van der Waals surface area (Å²) in [5.74, 6) is -0.366. The Morgan fingerprint density at radius 1 is 1.28 bits per heavy atom. The summed E-state index contributed by atoms with van der Waals surface area (Å²) in [6, 6.07) is 10.5. The Morgan fingerprint density at radius 3 is 2.88 bits per heavy atom. The van der Waals surface area contributed by atoms with Crippen LogP contribution in [0.3, 0.4) is 0 Å². The molecular formula is C23H21FN6O2. The van der Waals surface area contributed by atoms with Crippen molar-refractivity contribution in [2.45, 2.75) is 39.1 Å². The zero-order valence-electron chi connectivity index (χ0n) is 17.4. The summed E-state index contributed by atoms with van der Waals surface area (Å²) < 4.78 is 14.0. The molecule has 2 aromatic carbocycles. The number of fused-ring (bicyclic) bond motifs is 2. The van der Waals surface area contributed by atoms with Gasteiger partial charge in [-0.05, 0) is 47.4 Å². The predicted octanol–water partition coefficient (Wildman–Crippen LogP) is 3.57. The molecule has 162 valence electrons. The zero-order valence-corrected chi connectivity index (χ0v) is 17.4. The summed E-state index contributed by atoms with van der Waals surface area (Å²) >= 11 is 0. The molecule has 1 aliphatic rings. The highest BCUT2D eigenvalue weighted by Crippen LogP contribution is 2.34. The van der Waals surface area contributed by atoms with Crippen molar-refractivity contribution in [1.82, 2.24) is 25.1 Å². The van der Waals surface area contributed by atoms with E-state index in [0.717, 1.165) is 39.0 Å². The van der Waals surface area contributed by atoms with Crippen LogP contribution in [0.5, 0.6) is 5.75 Å². The Hall–Kier alpha value is -3.74. The first kappa shape index (κ1) is 20.2. The van der Waals surface area contributed by atoms with E-state index in [2.05, 4.69) is 20.2 Å². The zero-order chi connectivity index (χ0) is 22.4. The number of aromatic nitrogens is 4. The number of aromatic hydroxyl groups is 1. The van der Waals surface area contributed by atoms with E-state index in [1.807, 2.05) is 31.2 Å². The average molecular weight is 432 g/mol. The van der Waals surface area contributed by atoms with Crippen molar-refractivity contribution in [3.8, 4) is 34.5 Å². The molecule has 0 radical (unpaired) electrons. The number of phenols is 1. The van der Waals surface area contributed by atoms with Crippen LogP contribution in [0.15, 0.2) is 30.3 Å². The van der Waals surface area contributed by atoms with Gasteiger partial charge < -0.3 is 15.2 Å². The first-order valence-corrected chi connectivity index (χ1v) is 10.4. The highest BCUT2D eigenvalue weighted by Gasteiger charge is 2.28. The topological polar surface area (TPSA) is 125 Å². The number of aliphatic hydroxyl groups excluding tert-OH is 1. The van der Waals surface area contributed by atoms with Crippen LogP contribution in [-0.4, -0.2) is 41.5 Å². The molecule has 1 unspecified atom stereocenters. The highest BCUT2D eigenvalue weighted by molar-refractivity contribution is 5.94. The van der Waals surface area contributed by atoms with Crippen molar-refractivity contribution in [3.63, 3.8) is 0 Å². The molecule has 0 fully saturated rings. The Labute approximate surface area is 183 Å². The summed E-state index contributed by atoms with van der Waals surface area (Å²) in [4.78, 5) is 9.73. The number of nitrogens with one attached hydrogen (secondary N) is 2. The van der Waals surface area contributed by atoms with Gasteiger partial charge in [-0.2, -0.15) is 10.4 Å². The number of benzene rings is 2. The maximum absolute atomic E-state index is 14.0. The molecule has 0 aliphatic carbocycles. The number of nitriles is 1. The minimum atomic E-state index is -0.812. The van der Waals surface area contributed by atoms with Gasteiger partial charge in [0.2, 0.25) is 0 Å². The molecule has 4 N–H and O–H groups in total. The van der Waals surface area contributed by atoms with Crippen molar-refractivity contribution < 1.29 is 14.6 Å². The number of hydrogen-bond acceptors (Lipinski definition) is 6. The smallest absolute Gasteiger partial charge is 0.165 e. The number of hydrogen-bond donors (Lipinski definition) is 4. The van der Waals surface area contributed by atoms with Gasteiger partial charge in [-0.3, -0.25) is 10.00 Å². The molecule has 5 rings (SSSR count). The number of imidazole rings is 1. The van der Waals surface area contributed by atoms with E-state index in [1.165, 1.54) is 12.1 Å². The monoisotopic (exact) mass is 432 g/mol. The van der Waals surface area contributed by atoms with Crippen molar-refractivity contribution in [3.05, 3.63) is 53.1 Å². The van der Waals surface area contributed by atoms with Crippen molar-refractivity contribution >= 4 is 10.9 Å². The van der Waals surface area contributed by atoms with Gasteiger partial charge >= 0.3 is 0 Å². The molecule has 0 bridgehead atoms. The lowest BCUT2D eigenvalue weighted by atomic mass is 9.96. The third-order valence-corrected chi connectivity index (χ3v) is 5.93. The SMILES string of the molecule is CCc1cc(O)c(F)cc1-c1ccc2c(-c3nc4c([nH]3)CN(C(O)CC#N)C4)n[nH]c2c1. The molecule has 4 aromatic rings. The van der Waals surface area contributed by atoms with Gasteiger partial charge in [0.05, 0.1) is 29.4 Å². The lowest BCUT2D eigenvalue weighted by molar-refractivity contribution is 0.00336. The van der Waals surface area contributed by atoms with Crippen LogP contribution in [0, 0.1) is 17.1 Å². The van der Waals surface area contributed by atoms with Crippen molar-refractivity contribution in [2.75, 3.05) is 0 Å². The van der Waals surface area contributed by atoms with E-state index in [0.29, 0.717) is 31.0 Å². The molecule has 0 saturated carbocycles. The number of aromatic amines is 2. The van der Waals surface area contributed by atoms with Gasteiger partial charge in [-0.15, -0.1) is 0 Å². The highest BCUT2D eigenvalue weighted by atomic mass is 19.1. The Bertz CT molecular complexity index is 1350. The third kappa shape index (κ3) is 3.30. The van der Waals surface area contributed by atoms with Crippen LogP contribution in [0.25, 0.3) is 33.5 Å². The molecule has 2 aromatic heterocycles. The van der Waals surface area contributed by atoms with Crippen LogP contribution in [-0.2, 0) is 19.5 Å². The number of rotatable bonds is 5. The fourth-order valence-corrected chi connectivity index (χ4v) is 4.23. The molecular weight excluding hydrogens is 411 g/mol. The Balaban J connectivity index is 1.47. The Morgan fingerprint density at radius 2 is 2.12 bits per heavy atom. The molecule has 1 aliphatic heterocycles. The van der Waals surface area contributed by atoms with E-state index in [1.54, 1.807) is 4.90 Å². The fraction of sp³-hybridized carbons (Fsp3) is 0.261. The maximum atomic E-state index is 14.0. The number of aliphatic hydroxyl groups is 1. The van der Waals surface area contributed by atoms with E-state index >= 15 is 0 Å². The molecule has 32 heavy (non-hydrogen) atoms. The Kier molecular flexibility index (Phi) is 4.89. The van der Waals surface area contributed by atoms with Crippen molar-refractivity contribution in [2.24, 2.45) is 0 Å². The molecule has 1 atom stereocenters. The lowest BCUT2D eigenvalue weighted by Crippen LogP contribution is -2.30. The number of H-pyrrole nitrogens is 2. The summed E-state index contributed by atoms with van der Waals surface area (Å²) in [6.45, 7) is 2.91. The summed E-state index contributed by atoms with van der Waals surface area (Å²) in [5, 5.41) is 36.8. The van der Waals surface area contributed by atoms with Crippen LogP contribution in [0.2, 0.25) is 0 Å². The van der Waals surface area contributed by atoms with E-state index in [9.17, 15) is 14.6 Å². The van der Waals surface area contributed by atoms with Gasteiger partial charge in [-0.1, -0.05) is 13.0 Å². The van der Waals surface area contributed by atoms with Gasteiger partial charge in [0, 0.05) is 18.5 Å². The second-order valence-electron chi connectivity index (χ2n) is 7.91. The number of phenolic OH excluding ortho intramolecular Hbond substituents is 1. The van der Waals surface area contributed by atoms with Crippen LogP contribution >= 0.6 is 0 Å². The van der Waals surface area contributed by atoms with Crippen LogP contribution in [0.1, 0.15) is 30.3 Å². The van der Waals surface area contributed by atoms with Gasteiger partial charge in [0.25, 0.3) is 0 Å². The lowest BCUT2D eigenvalue weighted by Gasteiger charge is -2.19. The van der Waals surface area contributed by atoms with Crippen LogP contribution < -0.4 is 0 Å². The molecule has 0 amide bonds. The normalized spacial score (nSPS) is 14.6. The molecule has 0 spiro atoms. The minimum absolute atomic E-state index is 0.0497.